The van der Waals surface area contributed by atoms with E-state index in [0.29, 0.717) is 5.76 Å². The molecule has 0 fully saturated rings. The first-order chi connectivity index (χ1) is 11.8. The molecule has 3 aromatic rings. The van der Waals surface area contributed by atoms with Crippen LogP contribution in [0.2, 0.25) is 0 Å². The number of fused-ring (bicyclic) bond motifs is 1. The molecular formula is C18H15N3O2S. The number of nitrogens with one attached hydrogen (secondary N) is 1. The fraction of sp³-hybridized carbons (Fsp3) is 0.111. The van der Waals surface area contributed by atoms with E-state index in [0.717, 1.165) is 34.4 Å². The maximum Gasteiger partial charge on any atom is 0.248 e. The highest BCUT2D eigenvalue weighted by atomic mass is 32.2. The minimum Gasteiger partial charge on any atom is -0.465 e. The average molecular weight is 337 g/mol. The standard InChI is InChI=1S/C18H15N3O2S/c22-17(7-6-15-5-2-9-23-15)19-14-4-1-3-13(11-14)16-12-21-8-10-24-18(21)20-16/h1-7,9,11-12H,8,10H2,(H,19,22)/b7-6+. The second kappa shape index (κ2) is 6.41. The van der Waals surface area contributed by atoms with Crippen molar-refractivity contribution in [3.05, 3.63) is 60.7 Å². The third-order valence-electron chi connectivity index (χ3n) is 3.67. The lowest BCUT2D eigenvalue weighted by Gasteiger charge is -2.04. The quantitative estimate of drug-likeness (QED) is 0.734. The van der Waals surface area contributed by atoms with Gasteiger partial charge in [0.1, 0.15) is 5.76 Å². The van der Waals surface area contributed by atoms with Crippen molar-refractivity contribution in [1.82, 2.24) is 9.55 Å². The van der Waals surface area contributed by atoms with Gasteiger partial charge >= 0.3 is 0 Å². The van der Waals surface area contributed by atoms with Gasteiger partial charge in [0.2, 0.25) is 5.91 Å². The Hall–Kier alpha value is -2.73. The number of rotatable bonds is 4. The zero-order valence-electron chi connectivity index (χ0n) is 12.8. The number of hydrogen-bond donors (Lipinski definition) is 1. The monoisotopic (exact) mass is 337 g/mol. The van der Waals surface area contributed by atoms with Crippen LogP contribution in [0.1, 0.15) is 5.76 Å². The molecule has 24 heavy (non-hydrogen) atoms. The normalized spacial score (nSPS) is 13.3. The van der Waals surface area contributed by atoms with Crippen LogP contribution in [0.5, 0.6) is 0 Å². The van der Waals surface area contributed by atoms with Crippen molar-refractivity contribution in [3.63, 3.8) is 0 Å². The van der Waals surface area contributed by atoms with E-state index in [1.807, 2.05) is 24.3 Å². The first-order valence-corrected chi connectivity index (χ1v) is 8.59. The van der Waals surface area contributed by atoms with Gasteiger partial charge in [-0.25, -0.2) is 4.98 Å². The van der Waals surface area contributed by atoms with Crippen LogP contribution < -0.4 is 5.32 Å². The lowest BCUT2D eigenvalue weighted by molar-refractivity contribution is -0.111. The van der Waals surface area contributed by atoms with E-state index in [2.05, 4.69) is 21.1 Å². The average Bonchev–Trinajstić information content (AvgIpc) is 3.30. The molecule has 1 aliphatic heterocycles. The van der Waals surface area contributed by atoms with Crippen molar-refractivity contribution in [2.75, 3.05) is 11.1 Å². The number of imidazole rings is 1. The first-order valence-electron chi connectivity index (χ1n) is 7.61. The minimum atomic E-state index is -0.202. The maximum atomic E-state index is 12.0. The number of carbonyl (C=O) groups is 1. The van der Waals surface area contributed by atoms with Crippen molar-refractivity contribution in [3.8, 4) is 11.3 Å². The lowest BCUT2D eigenvalue weighted by Crippen LogP contribution is -2.07. The Morgan fingerprint density at radius 1 is 1.33 bits per heavy atom. The van der Waals surface area contributed by atoms with Gasteiger partial charge in [0.15, 0.2) is 5.16 Å². The van der Waals surface area contributed by atoms with Crippen molar-refractivity contribution < 1.29 is 9.21 Å². The number of carbonyl (C=O) groups excluding carboxylic acids is 1. The molecule has 0 saturated heterocycles. The summed E-state index contributed by atoms with van der Waals surface area (Å²) < 4.78 is 7.33. The molecule has 0 radical (unpaired) electrons. The number of thioether (sulfide) groups is 1. The maximum absolute atomic E-state index is 12.0. The van der Waals surface area contributed by atoms with E-state index >= 15 is 0 Å². The molecule has 4 rings (SSSR count). The minimum absolute atomic E-state index is 0.202. The van der Waals surface area contributed by atoms with E-state index in [-0.39, 0.29) is 5.91 Å². The molecule has 0 aliphatic carbocycles. The summed E-state index contributed by atoms with van der Waals surface area (Å²) in [4.78, 5) is 16.6. The topological polar surface area (TPSA) is 60.1 Å². The fourth-order valence-electron chi connectivity index (χ4n) is 2.53. The van der Waals surface area contributed by atoms with Gasteiger partial charge in [-0.1, -0.05) is 23.9 Å². The molecule has 0 bridgehead atoms. The number of aromatic nitrogens is 2. The van der Waals surface area contributed by atoms with Gasteiger partial charge in [0, 0.05) is 35.8 Å². The Morgan fingerprint density at radius 3 is 3.12 bits per heavy atom. The van der Waals surface area contributed by atoms with Crippen LogP contribution in [-0.4, -0.2) is 21.2 Å². The van der Waals surface area contributed by atoms with Gasteiger partial charge in [-0.2, -0.15) is 0 Å². The van der Waals surface area contributed by atoms with Gasteiger partial charge in [0.25, 0.3) is 0 Å². The second-order valence-corrected chi connectivity index (χ2v) is 6.43. The molecule has 1 aliphatic rings. The van der Waals surface area contributed by atoms with E-state index in [1.54, 1.807) is 36.2 Å². The van der Waals surface area contributed by atoms with Crippen molar-refractivity contribution in [1.29, 1.82) is 0 Å². The molecule has 5 nitrogen and oxygen atoms in total. The van der Waals surface area contributed by atoms with Crippen molar-refractivity contribution >= 4 is 29.4 Å². The largest absolute Gasteiger partial charge is 0.465 e. The predicted molar refractivity (Wildman–Crippen MR) is 94.8 cm³/mol. The number of nitrogens with zero attached hydrogens (tertiary/aromatic N) is 2. The summed E-state index contributed by atoms with van der Waals surface area (Å²) in [6.07, 6.45) is 6.72. The number of aryl methyl sites for hydroxylation is 1. The number of benzene rings is 1. The molecular weight excluding hydrogens is 322 g/mol. The van der Waals surface area contributed by atoms with Gasteiger partial charge in [-0.3, -0.25) is 4.79 Å². The van der Waals surface area contributed by atoms with Crippen LogP contribution >= 0.6 is 11.8 Å². The smallest absolute Gasteiger partial charge is 0.248 e. The fourth-order valence-corrected chi connectivity index (χ4v) is 3.48. The summed E-state index contributed by atoms with van der Waals surface area (Å²) >= 11 is 1.77. The Balaban J connectivity index is 1.49. The van der Waals surface area contributed by atoms with Crippen LogP contribution in [0, 0.1) is 0 Å². The van der Waals surface area contributed by atoms with Crippen molar-refractivity contribution in [2.24, 2.45) is 0 Å². The number of furan rings is 1. The van der Waals surface area contributed by atoms with Crippen molar-refractivity contribution in [2.45, 2.75) is 11.7 Å². The first kappa shape index (κ1) is 14.8. The third kappa shape index (κ3) is 3.14. The molecule has 0 spiro atoms. The molecule has 0 saturated carbocycles. The summed E-state index contributed by atoms with van der Waals surface area (Å²) in [6.45, 7) is 1.00. The van der Waals surface area contributed by atoms with Crippen LogP contribution in [-0.2, 0) is 11.3 Å². The van der Waals surface area contributed by atoms with Crippen LogP contribution in [0.25, 0.3) is 17.3 Å². The number of hydrogen-bond acceptors (Lipinski definition) is 4. The number of amides is 1. The Kier molecular flexibility index (Phi) is 3.96. The predicted octanol–water partition coefficient (Wildman–Crippen LogP) is 3.90. The summed E-state index contributed by atoms with van der Waals surface area (Å²) in [5, 5.41) is 3.91. The molecule has 1 N–H and O–H groups in total. The highest BCUT2D eigenvalue weighted by Gasteiger charge is 2.15. The Bertz CT molecular complexity index is 875. The number of anilines is 1. The lowest BCUT2D eigenvalue weighted by atomic mass is 10.1. The summed E-state index contributed by atoms with van der Waals surface area (Å²) in [5.41, 5.74) is 2.66. The third-order valence-corrected chi connectivity index (χ3v) is 4.64. The Labute approximate surface area is 143 Å². The molecule has 0 unspecified atom stereocenters. The van der Waals surface area contributed by atoms with Crippen LogP contribution in [0.4, 0.5) is 5.69 Å². The zero-order valence-corrected chi connectivity index (χ0v) is 13.6. The van der Waals surface area contributed by atoms with Gasteiger partial charge < -0.3 is 14.3 Å². The van der Waals surface area contributed by atoms with Crippen LogP contribution in [0.3, 0.4) is 0 Å². The zero-order chi connectivity index (χ0) is 16.4. The summed E-state index contributed by atoms with van der Waals surface area (Å²) in [7, 11) is 0. The molecule has 6 heteroatoms. The second-order valence-electron chi connectivity index (χ2n) is 5.37. The van der Waals surface area contributed by atoms with Gasteiger partial charge in [0.05, 0.1) is 12.0 Å². The summed E-state index contributed by atoms with van der Waals surface area (Å²) in [5.74, 6) is 1.52. The SMILES string of the molecule is O=C(/C=C/c1ccco1)Nc1cccc(-c2cn3c(n2)SCC3)c1. The van der Waals surface area contributed by atoms with E-state index in [9.17, 15) is 4.79 Å². The molecule has 1 amide bonds. The van der Waals surface area contributed by atoms with E-state index in [4.69, 9.17) is 4.42 Å². The molecule has 0 atom stereocenters. The molecule has 1 aromatic carbocycles. The van der Waals surface area contributed by atoms with Gasteiger partial charge in [-0.15, -0.1) is 0 Å². The highest BCUT2D eigenvalue weighted by Crippen LogP contribution is 2.29. The molecule has 2 aromatic heterocycles. The van der Waals surface area contributed by atoms with Gasteiger partial charge in [-0.05, 0) is 30.3 Å². The summed E-state index contributed by atoms with van der Waals surface area (Å²) in [6, 6.07) is 11.3. The molecule has 3 heterocycles. The Morgan fingerprint density at radius 2 is 2.29 bits per heavy atom. The molecule has 120 valence electrons. The van der Waals surface area contributed by atoms with E-state index in [1.165, 1.54) is 6.08 Å². The van der Waals surface area contributed by atoms with Crippen LogP contribution in [0.15, 0.2) is 64.5 Å². The highest BCUT2D eigenvalue weighted by molar-refractivity contribution is 7.99. The van der Waals surface area contributed by atoms with E-state index < -0.39 is 0 Å².